The largest absolute Gasteiger partial charge is 0.491 e. The smallest absolute Gasteiger partial charge is 0.258 e. The van der Waals surface area contributed by atoms with Crippen LogP contribution in [0.3, 0.4) is 0 Å². The van der Waals surface area contributed by atoms with Gasteiger partial charge in [0.25, 0.3) is 5.91 Å². The van der Waals surface area contributed by atoms with E-state index in [2.05, 4.69) is 20.6 Å². The second-order valence-corrected chi connectivity index (χ2v) is 6.70. The maximum Gasteiger partial charge on any atom is 0.258 e. The van der Waals surface area contributed by atoms with Crippen LogP contribution in [0.1, 0.15) is 41.5 Å². The monoisotopic (exact) mass is 390 g/mol. The van der Waals surface area contributed by atoms with E-state index in [0.29, 0.717) is 22.8 Å². The van der Waals surface area contributed by atoms with E-state index in [1.165, 1.54) is 19.3 Å². The van der Waals surface area contributed by atoms with Gasteiger partial charge in [0.2, 0.25) is 5.95 Å². The molecule has 0 saturated carbocycles. The number of amides is 1. The third-order valence-corrected chi connectivity index (χ3v) is 3.92. The Morgan fingerprint density at radius 3 is 2.24 bits per heavy atom. The van der Waals surface area contributed by atoms with Crippen LogP contribution in [0.5, 0.6) is 5.75 Å². The Kier molecular flexibility index (Phi) is 6.19. The first-order valence-corrected chi connectivity index (χ1v) is 9.19. The molecule has 0 aliphatic heterocycles. The van der Waals surface area contributed by atoms with Gasteiger partial charge < -0.3 is 15.4 Å². The third kappa shape index (κ3) is 5.62. The second kappa shape index (κ2) is 8.97. The Morgan fingerprint density at radius 2 is 1.62 bits per heavy atom. The number of carbonyl (C=O) groups excluding carboxylic acids is 2. The molecular weight excluding hydrogens is 368 g/mol. The zero-order valence-electron chi connectivity index (χ0n) is 16.5. The molecule has 1 aromatic heterocycles. The molecule has 2 aromatic carbocycles. The number of hydrogen-bond donors (Lipinski definition) is 2. The Balaban J connectivity index is 1.63. The number of benzene rings is 2. The van der Waals surface area contributed by atoms with Crippen molar-refractivity contribution < 1.29 is 14.3 Å². The first kappa shape index (κ1) is 20.0. The number of nitrogens with zero attached hydrogens (tertiary/aromatic N) is 2. The maximum atomic E-state index is 12.4. The summed E-state index contributed by atoms with van der Waals surface area (Å²) in [6.07, 6.45) is 2.99. The highest BCUT2D eigenvalue weighted by atomic mass is 16.5. The summed E-state index contributed by atoms with van der Waals surface area (Å²) in [5.41, 5.74) is 2.18. The minimum atomic E-state index is -0.354. The lowest BCUT2D eigenvalue weighted by Crippen LogP contribution is -2.13. The Morgan fingerprint density at radius 1 is 0.931 bits per heavy atom. The van der Waals surface area contributed by atoms with E-state index < -0.39 is 0 Å². The molecule has 0 unspecified atom stereocenters. The molecule has 7 nitrogen and oxygen atoms in total. The SMILES string of the molecule is CC(=O)c1cccc(NC(=O)c2cnc(Nc3ccc(OC(C)C)cc3)nc2)c1. The van der Waals surface area contributed by atoms with Crippen LogP contribution < -0.4 is 15.4 Å². The molecule has 1 heterocycles. The van der Waals surface area contributed by atoms with Crippen molar-refractivity contribution in [1.29, 1.82) is 0 Å². The van der Waals surface area contributed by atoms with Crippen LogP contribution in [0.4, 0.5) is 17.3 Å². The van der Waals surface area contributed by atoms with Crippen LogP contribution in [0.2, 0.25) is 0 Å². The van der Waals surface area contributed by atoms with Crippen molar-refractivity contribution in [2.75, 3.05) is 10.6 Å². The summed E-state index contributed by atoms with van der Waals surface area (Å²) >= 11 is 0. The van der Waals surface area contributed by atoms with Gasteiger partial charge in [0, 0.05) is 29.3 Å². The zero-order valence-corrected chi connectivity index (χ0v) is 16.5. The average molecular weight is 390 g/mol. The minimum Gasteiger partial charge on any atom is -0.491 e. The quantitative estimate of drug-likeness (QED) is 0.579. The number of Topliss-reactive ketones (excluding diaryl/α,β-unsaturated/α-hetero) is 1. The van der Waals surface area contributed by atoms with Gasteiger partial charge in [-0.25, -0.2) is 9.97 Å². The average Bonchev–Trinajstić information content (AvgIpc) is 2.70. The lowest BCUT2D eigenvalue weighted by molar-refractivity contribution is 0.101. The molecule has 0 radical (unpaired) electrons. The summed E-state index contributed by atoms with van der Waals surface area (Å²) in [5.74, 6) is 0.737. The summed E-state index contributed by atoms with van der Waals surface area (Å²) in [7, 11) is 0. The summed E-state index contributed by atoms with van der Waals surface area (Å²) in [6.45, 7) is 5.42. The number of ether oxygens (including phenoxy) is 1. The number of carbonyl (C=O) groups is 2. The van der Waals surface area contributed by atoms with Gasteiger partial charge in [-0.15, -0.1) is 0 Å². The lowest BCUT2D eigenvalue weighted by atomic mass is 10.1. The molecule has 3 rings (SSSR count). The molecule has 2 N–H and O–H groups in total. The van der Waals surface area contributed by atoms with Gasteiger partial charge >= 0.3 is 0 Å². The van der Waals surface area contributed by atoms with E-state index in [1.54, 1.807) is 24.3 Å². The van der Waals surface area contributed by atoms with E-state index in [9.17, 15) is 9.59 Å². The molecule has 29 heavy (non-hydrogen) atoms. The van der Waals surface area contributed by atoms with E-state index in [1.807, 2.05) is 38.1 Å². The lowest BCUT2D eigenvalue weighted by Gasteiger charge is -2.10. The van der Waals surface area contributed by atoms with Crippen LogP contribution >= 0.6 is 0 Å². The van der Waals surface area contributed by atoms with Crippen molar-refractivity contribution in [2.45, 2.75) is 26.9 Å². The molecular formula is C22H22N4O3. The van der Waals surface area contributed by atoms with Crippen LogP contribution in [0.15, 0.2) is 60.9 Å². The normalized spacial score (nSPS) is 10.5. The van der Waals surface area contributed by atoms with E-state index in [0.717, 1.165) is 11.4 Å². The van der Waals surface area contributed by atoms with Crippen molar-refractivity contribution in [1.82, 2.24) is 9.97 Å². The van der Waals surface area contributed by atoms with E-state index >= 15 is 0 Å². The minimum absolute atomic E-state index is 0.0661. The third-order valence-electron chi connectivity index (χ3n) is 3.92. The molecule has 1 amide bonds. The molecule has 0 bridgehead atoms. The van der Waals surface area contributed by atoms with Crippen molar-refractivity contribution >= 4 is 29.0 Å². The molecule has 3 aromatic rings. The van der Waals surface area contributed by atoms with Crippen LogP contribution in [0.25, 0.3) is 0 Å². The zero-order chi connectivity index (χ0) is 20.8. The van der Waals surface area contributed by atoms with Gasteiger partial charge in [-0.3, -0.25) is 9.59 Å². The molecule has 0 aliphatic rings. The van der Waals surface area contributed by atoms with Crippen molar-refractivity contribution in [2.24, 2.45) is 0 Å². The van der Waals surface area contributed by atoms with Gasteiger partial charge in [-0.2, -0.15) is 0 Å². The summed E-state index contributed by atoms with van der Waals surface area (Å²) < 4.78 is 5.61. The van der Waals surface area contributed by atoms with Crippen molar-refractivity contribution in [3.05, 3.63) is 72.1 Å². The Bertz CT molecular complexity index is 999. The van der Waals surface area contributed by atoms with Gasteiger partial charge in [0.1, 0.15) is 5.75 Å². The number of anilines is 3. The Labute approximate surface area is 169 Å². The van der Waals surface area contributed by atoms with Gasteiger partial charge in [0.05, 0.1) is 11.7 Å². The predicted octanol–water partition coefficient (Wildman–Crippen LogP) is 4.46. The molecule has 0 saturated heterocycles. The standard InChI is InChI=1S/C22H22N4O3/c1-14(2)29-20-9-7-18(8-10-20)26-22-23-12-17(13-24-22)21(28)25-19-6-4-5-16(11-19)15(3)27/h4-14H,1-3H3,(H,25,28)(H,23,24,26). The number of hydrogen-bond acceptors (Lipinski definition) is 6. The second-order valence-electron chi connectivity index (χ2n) is 6.70. The fourth-order valence-corrected chi connectivity index (χ4v) is 2.55. The molecule has 0 aliphatic carbocycles. The molecule has 7 heteroatoms. The molecule has 148 valence electrons. The van der Waals surface area contributed by atoms with Gasteiger partial charge in [-0.1, -0.05) is 12.1 Å². The number of nitrogens with one attached hydrogen (secondary N) is 2. The van der Waals surface area contributed by atoms with Gasteiger partial charge in [-0.05, 0) is 57.2 Å². The van der Waals surface area contributed by atoms with E-state index in [4.69, 9.17) is 4.74 Å². The highest BCUT2D eigenvalue weighted by Crippen LogP contribution is 2.19. The highest BCUT2D eigenvalue weighted by Gasteiger charge is 2.09. The van der Waals surface area contributed by atoms with E-state index in [-0.39, 0.29) is 17.8 Å². The topological polar surface area (TPSA) is 93.2 Å². The first-order valence-electron chi connectivity index (χ1n) is 9.19. The molecule has 0 atom stereocenters. The Hall–Kier alpha value is -3.74. The summed E-state index contributed by atoms with van der Waals surface area (Å²) in [5, 5.41) is 5.81. The fourth-order valence-electron chi connectivity index (χ4n) is 2.55. The van der Waals surface area contributed by atoms with Crippen molar-refractivity contribution in [3.63, 3.8) is 0 Å². The maximum absolute atomic E-state index is 12.4. The number of aromatic nitrogens is 2. The van der Waals surface area contributed by atoms with Crippen molar-refractivity contribution in [3.8, 4) is 5.75 Å². The molecule has 0 spiro atoms. The molecule has 0 fully saturated rings. The number of ketones is 1. The number of rotatable bonds is 7. The summed E-state index contributed by atoms with van der Waals surface area (Å²) in [4.78, 5) is 32.2. The van der Waals surface area contributed by atoms with Crippen LogP contribution in [0, 0.1) is 0 Å². The first-order chi connectivity index (χ1) is 13.9. The predicted molar refractivity (Wildman–Crippen MR) is 112 cm³/mol. The van der Waals surface area contributed by atoms with Crippen LogP contribution in [-0.4, -0.2) is 27.8 Å². The summed E-state index contributed by atoms with van der Waals surface area (Å²) in [6, 6.07) is 14.2. The highest BCUT2D eigenvalue weighted by molar-refractivity contribution is 6.04. The van der Waals surface area contributed by atoms with Gasteiger partial charge in [0.15, 0.2) is 5.78 Å². The van der Waals surface area contributed by atoms with Crippen LogP contribution in [-0.2, 0) is 0 Å². The fraction of sp³-hybridized carbons (Fsp3) is 0.182.